The van der Waals surface area contributed by atoms with Crippen molar-refractivity contribution >= 4 is 0 Å². The third-order valence-corrected chi connectivity index (χ3v) is 3.90. The second-order valence-electron chi connectivity index (χ2n) is 6.72. The molecule has 0 bridgehead atoms. The van der Waals surface area contributed by atoms with Gasteiger partial charge in [0.25, 0.3) is 0 Å². The minimum absolute atomic E-state index is 0.00764. The molecule has 16 heavy (non-hydrogen) atoms. The number of hydrogen-bond acceptors (Lipinski definition) is 1. The molecule has 1 aliphatic rings. The second kappa shape index (κ2) is 5.71. The van der Waals surface area contributed by atoms with E-state index in [1.54, 1.807) is 0 Å². The average molecular weight is 221 g/mol. The van der Waals surface area contributed by atoms with Gasteiger partial charge in [-0.25, -0.2) is 0 Å². The predicted octanol–water partition coefficient (Wildman–Crippen LogP) is 5.07. The maximum absolute atomic E-state index is 9.51. The highest BCUT2D eigenvalue weighted by Gasteiger charge is 2.31. The van der Waals surface area contributed by atoms with Crippen LogP contribution < -0.4 is 0 Å². The Hall–Kier alpha value is -0.510. The molecule has 0 aromatic heterocycles. The maximum Gasteiger partial charge on any atom is 0.0689 e. The van der Waals surface area contributed by atoms with E-state index in [0.29, 0.717) is 5.41 Å². The van der Waals surface area contributed by atoms with E-state index in [0.717, 1.165) is 19.3 Å². The second-order valence-corrected chi connectivity index (χ2v) is 6.72. The van der Waals surface area contributed by atoms with Crippen molar-refractivity contribution in [3.8, 4) is 6.07 Å². The van der Waals surface area contributed by atoms with Crippen LogP contribution in [0.3, 0.4) is 0 Å². The van der Waals surface area contributed by atoms with Gasteiger partial charge in [0, 0.05) is 0 Å². The maximum atomic E-state index is 9.51. The smallest absolute Gasteiger partial charge is 0.0689 e. The Balaban J connectivity index is 2.56. The fourth-order valence-electron chi connectivity index (χ4n) is 2.61. The normalized spacial score (nSPS) is 21.9. The van der Waals surface area contributed by atoms with Crippen molar-refractivity contribution in [1.82, 2.24) is 0 Å². The van der Waals surface area contributed by atoms with Crippen LogP contribution in [0.15, 0.2) is 0 Å². The molecule has 0 aromatic rings. The van der Waals surface area contributed by atoms with Crippen LogP contribution >= 0.6 is 0 Å². The summed E-state index contributed by atoms with van der Waals surface area (Å²) in [5.74, 6) is 0. The van der Waals surface area contributed by atoms with Crippen molar-refractivity contribution < 1.29 is 0 Å². The Morgan fingerprint density at radius 2 is 1.50 bits per heavy atom. The quantitative estimate of drug-likeness (QED) is 0.639. The molecule has 0 amide bonds. The van der Waals surface area contributed by atoms with Crippen LogP contribution in [0.2, 0.25) is 0 Å². The molecule has 1 fully saturated rings. The topological polar surface area (TPSA) is 23.8 Å². The predicted molar refractivity (Wildman–Crippen MR) is 69.1 cm³/mol. The van der Waals surface area contributed by atoms with E-state index in [-0.39, 0.29) is 5.41 Å². The Kier molecular flexibility index (Phi) is 4.84. The highest BCUT2D eigenvalue weighted by Crippen LogP contribution is 2.40. The summed E-state index contributed by atoms with van der Waals surface area (Å²) in [6.45, 7) is 6.84. The van der Waals surface area contributed by atoms with Crippen molar-refractivity contribution in [3.05, 3.63) is 0 Å². The van der Waals surface area contributed by atoms with Gasteiger partial charge in [-0.3, -0.25) is 0 Å². The lowest BCUT2D eigenvalue weighted by atomic mass is 9.71. The summed E-state index contributed by atoms with van der Waals surface area (Å²) in [5, 5.41) is 9.51. The van der Waals surface area contributed by atoms with Crippen LogP contribution in [-0.2, 0) is 0 Å². The molecular formula is C15H27N. The molecule has 0 aliphatic heterocycles. The van der Waals surface area contributed by atoms with Crippen LogP contribution in [0, 0.1) is 22.2 Å². The van der Waals surface area contributed by atoms with Gasteiger partial charge in [0.2, 0.25) is 0 Å². The molecule has 1 saturated carbocycles. The van der Waals surface area contributed by atoms with Crippen LogP contribution in [-0.4, -0.2) is 0 Å². The van der Waals surface area contributed by atoms with Crippen LogP contribution in [0.25, 0.3) is 0 Å². The Labute approximate surface area is 101 Å². The molecule has 1 aliphatic carbocycles. The van der Waals surface area contributed by atoms with Gasteiger partial charge in [0.15, 0.2) is 0 Å². The molecule has 0 N–H and O–H groups in total. The van der Waals surface area contributed by atoms with E-state index >= 15 is 0 Å². The van der Waals surface area contributed by atoms with Crippen molar-refractivity contribution in [2.24, 2.45) is 10.8 Å². The molecular weight excluding hydrogens is 194 g/mol. The third-order valence-electron chi connectivity index (χ3n) is 3.90. The molecule has 0 radical (unpaired) electrons. The molecule has 1 rings (SSSR count). The van der Waals surface area contributed by atoms with Gasteiger partial charge >= 0.3 is 0 Å². The van der Waals surface area contributed by atoms with Crippen molar-refractivity contribution in [3.63, 3.8) is 0 Å². The minimum Gasteiger partial charge on any atom is -0.198 e. The molecule has 0 heterocycles. The fraction of sp³-hybridized carbons (Fsp3) is 0.933. The van der Waals surface area contributed by atoms with Crippen molar-refractivity contribution in [2.45, 2.75) is 78.6 Å². The average Bonchev–Trinajstić information content (AvgIpc) is 2.16. The van der Waals surface area contributed by atoms with E-state index in [1.165, 1.54) is 38.5 Å². The molecule has 0 aromatic carbocycles. The summed E-state index contributed by atoms with van der Waals surface area (Å²) in [7, 11) is 0. The number of hydrogen-bond donors (Lipinski definition) is 0. The van der Waals surface area contributed by atoms with Gasteiger partial charge in [0.05, 0.1) is 11.5 Å². The zero-order valence-electron chi connectivity index (χ0n) is 11.3. The SMILES string of the molecule is CC(C)(C)CCC1(C#N)CCCCCCC1. The van der Waals surface area contributed by atoms with E-state index in [4.69, 9.17) is 0 Å². The summed E-state index contributed by atoms with van der Waals surface area (Å²) < 4.78 is 0. The number of nitriles is 1. The molecule has 0 saturated heterocycles. The minimum atomic E-state index is 0.00764. The number of rotatable bonds is 2. The zero-order chi connectivity index (χ0) is 12.1. The summed E-state index contributed by atoms with van der Waals surface area (Å²) in [6.07, 6.45) is 11.1. The lowest BCUT2D eigenvalue weighted by Gasteiger charge is -2.31. The van der Waals surface area contributed by atoms with E-state index in [2.05, 4.69) is 26.8 Å². The lowest BCUT2D eigenvalue weighted by Crippen LogP contribution is -2.22. The van der Waals surface area contributed by atoms with Gasteiger partial charge in [-0.2, -0.15) is 5.26 Å². The Morgan fingerprint density at radius 1 is 1.00 bits per heavy atom. The van der Waals surface area contributed by atoms with E-state index < -0.39 is 0 Å². The molecule has 1 nitrogen and oxygen atoms in total. The molecule has 1 heteroatoms. The summed E-state index contributed by atoms with van der Waals surface area (Å²) in [5.41, 5.74) is 0.375. The largest absolute Gasteiger partial charge is 0.198 e. The van der Waals surface area contributed by atoms with Crippen LogP contribution in [0.5, 0.6) is 0 Å². The van der Waals surface area contributed by atoms with Crippen LogP contribution in [0.1, 0.15) is 78.6 Å². The molecule has 0 spiro atoms. The Bertz CT molecular complexity index is 233. The summed E-state index contributed by atoms with van der Waals surface area (Å²) in [6, 6.07) is 2.66. The number of nitrogens with zero attached hydrogens (tertiary/aromatic N) is 1. The van der Waals surface area contributed by atoms with Crippen molar-refractivity contribution in [2.75, 3.05) is 0 Å². The van der Waals surface area contributed by atoms with E-state index in [9.17, 15) is 5.26 Å². The first-order valence-corrected chi connectivity index (χ1v) is 6.89. The lowest BCUT2D eigenvalue weighted by molar-refractivity contribution is 0.223. The first-order chi connectivity index (χ1) is 7.47. The highest BCUT2D eigenvalue weighted by molar-refractivity contribution is 4.99. The molecule has 0 atom stereocenters. The van der Waals surface area contributed by atoms with E-state index in [1.807, 2.05) is 0 Å². The van der Waals surface area contributed by atoms with Crippen LogP contribution in [0.4, 0.5) is 0 Å². The van der Waals surface area contributed by atoms with Gasteiger partial charge in [-0.15, -0.1) is 0 Å². The monoisotopic (exact) mass is 221 g/mol. The van der Waals surface area contributed by atoms with Crippen molar-refractivity contribution in [1.29, 1.82) is 5.26 Å². The van der Waals surface area contributed by atoms with Gasteiger partial charge in [-0.05, 0) is 31.1 Å². The summed E-state index contributed by atoms with van der Waals surface area (Å²) >= 11 is 0. The molecule has 92 valence electrons. The van der Waals surface area contributed by atoms with Gasteiger partial charge in [0.1, 0.15) is 0 Å². The first kappa shape index (κ1) is 13.6. The molecule has 0 unspecified atom stereocenters. The fourth-order valence-corrected chi connectivity index (χ4v) is 2.61. The van der Waals surface area contributed by atoms with Gasteiger partial charge in [-0.1, -0.05) is 52.9 Å². The first-order valence-electron chi connectivity index (χ1n) is 6.89. The highest BCUT2D eigenvalue weighted by atomic mass is 14.4. The van der Waals surface area contributed by atoms with Gasteiger partial charge < -0.3 is 0 Å². The summed E-state index contributed by atoms with van der Waals surface area (Å²) in [4.78, 5) is 0. The zero-order valence-corrected chi connectivity index (χ0v) is 11.3. The Morgan fingerprint density at radius 3 is 1.94 bits per heavy atom. The standard InChI is InChI=1S/C15H27N/c1-14(2,3)11-12-15(13-16)9-7-5-4-6-8-10-15/h4-12H2,1-3H3. The third kappa shape index (κ3) is 4.56.